The van der Waals surface area contributed by atoms with Crippen LogP contribution in [0.1, 0.15) is 42.9 Å². The molecule has 0 fully saturated rings. The average Bonchev–Trinajstić information content (AvgIpc) is 2.80. The Kier molecular flexibility index (Phi) is 4.32. The maximum Gasteiger partial charge on any atom is 0.337 e. The quantitative estimate of drug-likeness (QED) is 0.857. The molecular weight excluding hydrogens is 268 g/mol. The van der Waals surface area contributed by atoms with E-state index < -0.39 is 5.97 Å². The van der Waals surface area contributed by atoms with Gasteiger partial charge in [0.1, 0.15) is 5.82 Å². The molecule has 0 saturated heterocycles. The molecule has 21 heavy (non-hydrogen) atoms. The number of carbonyl (C=O) groups is 1. The van der Waals surface area contributed by atoms with Crippen molar-refractivity contribution >= 4 is 17.0 Å². The first-order valence-corrected chi connectivity index (χ1v) is 7.28. The molecule has 0 aliphatic carbocycles. The van der Waals surface area contributed by atoms with Crippen LogP contribution >= 0.6 is 0 Å². The van der Waals surface area contributed by atoms with E-state index in [1.807, 2.05) is 31.4 Å². The zero-order valence-electron chi connectivity index (χ0n) is 12.8. The molecule has 0 radical (unpaired) electrons. The SMILES string of the molecule is CCC(CC)(CO)Cn1c(C)nc2cccc(C(=O)O)c21. The summed E-state index contributed by atoms with van der Waals surface area (Å²) in [6, 6.07) is 5.13. The number of fused-ring (bicyclic) bond motifs is 1. The first-order chi connectivity index (χ1) is 9.98. The Hall–Kier alpha value is -1.88. The van der Waals surface area contributed by atoms with Crippen molar-refractivity contribution in [2.75, 3.05) is 6.61 Å². The molecule has 0 amide bonds. The Balaban J connectivity index is 2.63. The molecule has 0 atom stereocenters. The topological polar surface area (TPSA) is 75.3 Å². The number of nitrogens with zero attached hydrogens (tertiary/aromatic N) is 2. The van der Waals surface area contributed by atoms with Crippen LogP contribution in [0.2, 0.25) is 0 Å². The number of aromatic nitrogens is 2. The summed E-state index contributed by atoms with van der Waals surface area (Å²) < 4.78 is 1.93. The second kappa shape index (κ2) is 5.85. The lowest BCUT2D eigenvalue weighted by Gasteiger charge is -2.30. The predicted octanol–water partition coefficient (Wildman–Crippen LogP) is 2.84. The minimum absolute atomic E-state index is 0.0777. The summed E-state index contributed by atoms with van der Waals surface area (Å²) in [5.41, 5.74) is 1.34. The van der Waals surface area contributed by atoms with Gasteiger partial charge in [-0.05, 0) is 31.9 Å². The molecule has 0 aliphatic rings. The van der Waals surface area contributed by atoms with Gasteiger partial charge < -0.3 is 14.8 Å². The van der Waals surface area contributed by atoms with Gasteiger partial charge in [0, 0.05) is 12.0 Å². The molecule has 2 aromatic rings. The maximum absolute atomic E-state index is 11.5. The van der Waals surface area contributed by atoms with Gasteiger partial charge in [0.25, 0.3) is 0 Å². The van der Waals surface area contributed by atoms with Crippen molar-refractivity contribution in [3.8, 4) is 0 Å². The Labute approximate surface area is 124 Å². The largest absolute Gasteiger partial charge is 0.478 e. The summed E-state index contributed by atoms with van der Waals surface area (Å²) in [4.78, 5) is 15.9. The maximum atomic E-state index is 11.5. The van der Waals surface area contributed by atoms with Gasteiger partial charge >= 0.3 is 5.97 Å². The van der Waals surface area contributed by atoms with Gasteiger partial charge in [-0.3, -0.25) is 0 Å². The minimum Gasteiger partial charge on any atom is -0.478 e. The standard InChI is InChI=1S/C16H22N2O3/c1-4-16(5-2,10-19)9-18-11(3)17-13-8-6-7-12(14(13)18)15(20)21/h6-8,19H,4-5,9-10H2,1-3H3,(H,20,21). The Morgan fingerprint density at radius 2 is 2.00 bits per heavy atom. The Morgan fingerprint density at radius 1 is 1.33 bits per heavy atom. The highest BCUT2D eigenvalue weighted by Gasteiger charge is 2.28. The number of carboxylic acid groups (broad SMARTS) is 1. The lowest BCUT2D eigenvalue weighted by atomic mass is 9.83. The van der Waals surface area contributed by atoms with Crippen molar-refractivity contribution in [1.82, 2.24) is 9.55 Å². The third-order valence-corrected chi connectivity index (χ3v) is 4.52. The molecule has 0 spiro atoms. The molecule has 5 heteroatoms. The second-order valence-electron chi connectivity index (χ2n) is 5.59. The van der Waals surface area contributed by atoms with E-state index in [1.54, 1.807) is 12.1 Å². The smallest absolute Gasteiger partial charge is 0.337 e. The predicted molar refractivity (Wildman–Crippen MR) is 81.5 cm³/mol. The minimum atomic E-state index is -0.954. The fraction of sp³-hybridized carbons (Fsp3) is 0.500. The van der Waals surface area contributed by atoms with E-state index >= 15 is 0 Å². The first-order valence-electron chi connectivity index (χ1n) is 7.28. The molecule has 0 bridgehead atoms. The number of imidazole rings is 1. The molecule has 2 rings (SSSR count). The highest BCUT2D eigenvalue weighted by Crippen LogP contribution is 2.31. The number of benzene rings is 1. The van der Waals surface area contributed by atoms with Crippen LogP contribution in [-0.2, 0) is 6.54 Å². The highest BCUT2D eigenvalue weighted by molar-refractivity contribution is 6.01. The fourth-order valence-electron chi connectivity index (χ4n) is 2.75. The summed E-state index contributed by atoms with van der Waals surface area (Å²) in [5.74, 6) is -0.178. The normalized spacial score (nSPS) is 12.0. The van der Waals surface area contributed by atoms with Crippen LogP contribution < -0.4 is 0 Å². The van der Waals surface area contributed by atoms with Gasteiger partial charge in [-0.2, -0.15) is 0 Å². The van der Waals surface area contributed by atoms with E-state index in [0.717, 1.165) is 18.7 Å². The number of rotatable bonds is 6. The average molecular weight is 290 g/mol. The van der Waals surface area contributed by atoms with Gasteiger partial charge in [0.05, 0.1) is 23.2 Å². The Morgan fingerprint density at radius 3 is 2.52 bits per heavy atom. The number of hydrogen-bond acceptors (Lipinski definition) is 3. The van der Waals surface area contributed by atoms with Crippen LogP contribution in [0.3, 0.4) is 0 Å². The van der Waals surface area contributed by atoms with Crippen LogP contribution in [0.5, 0.6) is 0 Å². The number of aryl methyl sites for hydroxylation is 1. The number of aromatic carboxylic acids is 1. The van der Waals surface area contributed by atoms with Crippen LogP contribution in [0.25, 0.3) is 11.0 Å². The van der Waals surface area contributed by atoms with E-state index in [4.69, 9.17) is 0 Å². The molecule has 5 nitrogen and oxygen atoms in total. The van der Waals surface area contributed by atoms with Crippen LogP contribution in [-0.4, -0.2) is 32.3 Å². The third-order valence-electron chi connectivity index (χ3n) is 4.52. The second-order valence-corrected chi connectivity index (χ2v) is 5.59. The van der Waals surface area contributed by atoms with Gasteiger partial charge in [-0.15, -0.1) is 0 Å². The molecule has 2 N–H and O–H groups in total. The highest BCUT2D eigenvalue weighted by atomic mass is 16.4. The zero-order chi connectivity index (χ0) is 15.6. The fourth-order valence-corrected chi connectivity index (χ4v) is 2.75. The van der Waals surface area contributed by atoms with Gasteiger partial charge in [-0.1, -0.05) is 19.9 Å². The molecule has 1 heterocycles. The number of hydrogen-bond donors (Lipinski definition) is 2. The number of para-hydroxylation sites is 1. The van der Waals surface area contributed by atoms with Gasteiger partial charge in [0.2, 0.25) is 0 Å². The van der Waals surface area contributed by atoms with Crippen molar-refractivity contribution in [3.63, 3.8) is 0 Å². The van der Waals surface area contributed by atoms with E-state index in [-0.39, 0.29) is 17.6 Å². The Bertz CT molecular complexity index is 649. The van der Waals surface area contributed by atoms with E-state index in [9.17, 15) is 15.0 Å². The van der Waals surface area contributed by atoms with Crippen molar-refractivity contribution < 1.29 is 15.0 Å². The monoisotopic (exact) mass is 290 g/mol. The van der Waals surface area contributed by atoms with Crippen molar-refractivity contribution in [2.24, 2.45) is 5.41 Å². The van der Waals surface area contributed by atoms with Gasteiger partial charge in [-0.25, -0.2) is 9.78 Å². The van der Waals surface area contributed by atoms with Crippen molar-refractivity contribution in [2.45, 2.75) is 40.2 Å². The summed E-state index contributed by atoms with van der Waals surface area (Å²) in [7, 11) is 0. The van der Waals surface area contributed by atoms with Gasteiger partial charge in [0.15, 0.2) is 0 Å². The van der Waals surface area contributed by atoms with Crippen molar-refractivity contribution in [1.29, 1.82) is 0 Å². The first kappa shape index (κ1) is 15.5. The number of carboxylic acids is 1. The van der Waals surface area contributed by atoms with Crippen LogP contribution in [0, 0.1) is 12.3 Å². The summed E-state index contributed by atoms with van der Waals surface area (Å²) in [5, 5.41) is 19.2. The van der Waals surface area contributed by atoms with E-state index in [1.165, 1.54) is 0 Å². The summed E-state index contributed by atoms with van der Waals surface area (Å²) in [6.45, 7) is 6.62. The summed E-state index contributed by atoms with van der Waals surface area (Å²) in [6.07, 6.45) is 1.66. The molecule has 1 aromatic heterocycles. The van der Waals surface area contributed by atoms with E-state index in [0.29, 0.717) is 17.6 Å². The lowest BCUT2D eigenvalue weighted by Crippen LogP contribution is -2.30. The van der Waals surface area contributed by atoms with Crippen LogP contribution in [0.15, 0.2) is 18.2 Å². The molecule has 114 valence electrons. The number of aliphatic hydroxyl groups is 1. The number of aliphatic hydroxyl groups excluding tert-OH is 1. The third kappa shape index (κ3) is 2.65. The lowest BCUT2D eigenvalue weighted by molar-refractivity contribution is 0.0697. The molecule has 1 aromatic carbocycles. The summed E-state index contributed by atoms with van der Waals surface area (Å²) >= 11 is 0. The molecular formula is C16H22N2O3. The zero-order valence-corrected chi connectivity index (χ0v) is 12.8. The molecule has 0 aliphatic heterocycles. The van der Waals surface area contributed by atoms with Crippen molar-refractivity contribution in [3.05, 3.63) is 29.6 Å². The molecule has 0 saturated carbocycles. The van der Waals surface area contributed by atoms with Crippen LogP contribution in [0.4, 0.5) is 0 Å². The van der Waals surface area contributed by atoms with E-state index in [2.05, 4.69) is 4.98 Å². The molecule has 0 unspecified atom stereocenters.